The van der Waals surface area contributed by atoms with Gasteiger partial charge in [0.1, 0.15) is 5.60 Å². The summed E-state index contributed by atoms with van der Waals surface area (Å²) in [6.07, 6.45) is 2.35. The lowest BCUT2D eigenvalue weighted by molar-refractivity contribution is 0.143. The first kappa shape index (κ1) is 17.3. The fourth-order valence-electron chi connectivity index (χ4n) is 2.94. The molecule has 124 valence electrons. The Hall–Kier alpha value is -1.51. The highest BCUT2D eigenvalue weighted by Crippen LogP contribution is 2.31. The van der Waals surface area contributed by atoms with Crippen molar-refractivity contribution in [2.75, 3.05) is 0 Å². The van der Waals surface area contributed by atoms with E-state index in [0.29, 0.717) is 0 Å². The molecule has 1 aromatic heterocycles. The van der Waals surface area contributed by atoms with Crippen LogP contribution in [0.2, 0.25) is 0 Å². The molecule has 0 bridgehead atoms. The first-order valence-corrected chi connectivity index (χ1v) is 9.44. The molecule has 0 aliphatic carbocycles. The smallest absolute Gasteiger partial charge is 0.120 e. The lowest BCUT2D eigenvalue weighted by atomic mass is 10.1. The van der Waals surface area contributed by atoms with Crippen LogP contribution < -0.4 is 0 Å². The van der Waals surface area contributed by atoms with Crippen LogP contribution in [-0.2, 0) is 6.54 Å². The molecule has 1 N–H and O–H groups in total. The third kappa shape index (κ3) is 3.60. The Balaban J connectivity index is 2.22. The SMILES string of the molecule is CCCCn1c2ccc(I)cc2c2cc(C#CC(C)(C)O)ccc21. The maximum atomic E-state index is 9.82. The van der Waals surface area contributed by atoms with Crippen molar-refractivity contribution in [3.63, 3.8) is 0 Å². The van der Waals surface area contributed by atoms with E-state index in [0.717, 1.165) is 12.1 Å². The van der Waals surface area contributed by atoms with Gasteiger partial charge in [0.25, 0.3) is 0 Å². The zero-order valence-corrected chi connectivity index (χ0v) is 16.5. The van der Waals surface area contributed by atoms with Crippen LogP contribution in [0.15, 0.2) is 36.4 Å². The van der Waals surface area contributed by atoms with Gasteiger partial charge in [-0.1, -0.05) is 25.2 Å². The fraction of sp³-hybridized carbons (Fsp3) is 0.333. The Kier molecular flexibility index (Phi) is 4.89. The second-order valence-electron chi connectivity index (χ2n) is 6.71. The largest absolute Gasteiger partial charge is 0.378 e. The molecule has 0 amide bonds. The van der Waals surface area contributed by atoms with E-state index in [-0.39, 0.29) is 0 Å². The molecule has 0 saturated heterocycles. The summed E-state index contributed by atoms with van der Waals surface area (Å²) in [5, 5.41) is 12.3. The molecule has 0 radical (unpaired) electrons. The van der Waals surface area contributed by atoms with Gasteiger partial charge in [-0.05, 0) is 79.3 Å². The van der Waals surface area contributed by atoms with Gasteiger partial charge in [-0.15, -0.1) is 0 Å². The quantitative estimate of drug-likeness (QED) is 0.441. The molecule has 3 heteroatoms. The van der Waals surface area contributed by atoms with E-state index in [1.165, 1.54) is 38.2 Å². The first-order valence-electron chi connectivity index (χ1n) is 8.36. The Morgan fingerprint density at radius 2 is 1.75 bits per heavy atom. The molecule has 0 unspecified atom stereocenters. The number of hydrogen-bond acceptors (Lipinski definition) is 1. The molecule has 2 nitrogen and oxygen atoms in total. The van der Waals surface area contributed by atoms with Crippen LogP contribution in [0.4, 0.5) is 0 Å². The summed E-state index contributed by atoms with van der Waals surface area (Å²) in [5.41, 5.74) is 2.51. The lowest BCUT2D eigenvalue weighted by Gasteiger charge is -2.07. The number of aliphatic hydroxyl groups is 1. The highest BCUT2D eigenvalue weighted by Gasteiger charge is 2.11. The molecule has 0 saturated carbocycles. The molecular weight excluding hydrogens is 409 g/mol. The Labute approximate surface area is 157 Å². The third-order valence-corrected chi connectivity index (χ3v) is 4.75. The summed E-state index contributed by atoms with van der Waals surface area (Å²) in [6.45, 7) is 6.67. The molecule has 0 fully saturated rings. The molecule has 0 aliphatic heterocycles. The zero-order chi connectivity index (χ0) is 17.3. The van der Waals surface area contributed by atoms with Gasteiger partial charge in [0.05, 0.1) is 0 Å². The molecule has 0 atom stereocenters. The number of benzene rings is 2. The maximum Gasteiger partial charge on any atom is 0.120 e. The van der Waals surface area contributed by atoms with Crippen molar-refractivity contribution in [3.8, 4) is 11.8 Å². The highest BCUT2D eigenvalue weighted by molar-refractivity contribution is 14.1. The highest BCUT2D eigenvalue weighted by atomic mass is 127. The van der Waals surface area contributed by atoms with Crippen LogP contribution in [0.3, 0.4) is 0 Å². The minimum absolute atomic E-state index is 0.943. The normalized spacial score (nSPS) is 11.7. The number of unbranched alkanes of at least 4 members (excludes halogenated alkanes) is 1. The van der Waals surface area contributed by atoms with Crippen LogP contribution in [0.5, 0.6) is 0 Å². The van der Waals surface area contributed by atoms with Crippen molar-refractivity contribution in [1.82, 2.24) is 4.57 Å². The van der Waals surface area contributed by atoms with E-state index in [2.05, 4.69) is 76.3 Å². The molecule has 3 rings (SSSR count). The average Bonchev–Trinajstić information content (AvgIpc) is 2.83. The molecule has 1 heterocycles. The van der Waals surface area contributed by atoms with E-state index in [4.69, 9.17) is 0 Å². The monoisotopic (exact) mass is 431 g/mol. The van der Waals surface area contributed by atoms with Gasteiger partial charge in [-0.3, -0.25) is 0 Å². The van der Waals surface area contributed by atoms with Gasteiger partial charge in [0.2, 0.25) is 0 Å². The van der Waals surface area contributed by atoms with Gasteiger partial charge >= 0.3 is 0 Å². The van der Waals surface area contributed by atoms with Crippen molar-refractivity contribution in [3.05, 3.63) is 45.5 Å². The van der Waals surface area contributed by atoms with Crippen LogP contribution in [0.25, 0.3) is 21.8 Å². The number of aromatic nitrogens is 1. The number of fused-ring (bicyclic) bond motifs is 3. The lowest BCUT2D eigenvalue weighted by Crippen LogP contribution is -2.14. The maximum absolute atomic E-state index is 9.82. The predicted octanol–water partition coefficient (Wildman–Crippen LogP) is 5.32. The van der Waals surface area contributed by atoms with Gasteiger partial charge in [-0.25, -0.2) is 0 Å². The van der Waals surface area contributed by atoms with E-state index >= 15 is 0 Å². The van der Waals surface area contributed by atoms with Gasteiger partial charge in [0, 0.05) is 37.5 Å². The summed E-state index contributed by atoms with van der Waals surface area (Å²) >= 11 is 2.36. The summed E-state index contributed by atoms with van der Waals surface area (Å²) in [7, 11) is 0. The second kappa shape index (κ2) is 6.78. The van der Waals surface area contributed by atoms with E-state index in [1.807, 2.05) is 6.07 Å². The van der Waals surface area contributed by atoms with E-state index in [9.17, 15) is 5.11 Å². The number of nitrogens with zero attached hydrogens (tertiary/aromatic N) is 1. The molecule has 24 heavy (non-hydrogen) atoms. The number of hydrogen-bond donors (Lipinski definition) is 1. The molecule has 3 aromatic rings. The van der Waals surface area contributed by atoms with Crippen molar-refractivity contribution in [2.45, 2.75) is 45.8 Å². The number of halogens is 1. The van der Waals surface area contributed by atoms with Gasteiger partial charge in [0.15, 0.2) is 0 Å². The van der Waals surface area contributed by atoms with Crippen LogP contribution in [0.1, 0.15) is 39.2 Å². The summed E-state index contributed by atoms with van der Waals surface area (Å²) in [4.78, 5) is 0. The Bertz CT molecular complexity index is 951. The van der Waals surface area contributed by atoms with Crippen molar-refractivity contribution in [2.24, 2.45) is 0 Å². The average molecular weight is 431 g/mol. The zero-order valence-electron chi connectivity index (χ0n) is 14.4. The first-order chi connectivity index (χ1) is 11.4. The molecule has 0 spiro atoms. The Morgan fingerprint density at radius 3 is 2.42 bits per heavy atom. The van der Waals surface area contributed by atoms with Crippen LogP contribution in [0, 0.1) is 15.4 Å². The molecular formula is C21H22INO. The van der Waals surface area contributed by atoms with Crippen LogP contribution >= 0.6 is 22.6 Å². The van der Waals surface area contributed by atoms with Crippen LogP contribution in [-0.4, -0.2) is 15.3 Å². The second-order valence-corrected chi connectivity index (χ2v) is 7.95. The summed E-state index contributed by atoms with van der Waals surface area (Å²) in [5.74, 6) is 6.00. The Morgan fingerprint density at radius 1 is 1.08 bits per heavy atom. The van der Waals surface area contributed by atoms with Crippen molar-refractivity contribution >= 4 is 44.4 Å². The minimum Gasteiger partial charge on any atom is -0.378 e. The van der Waals surface area contributed by atoms with Gasteiger partial charge in [-0.2, -0.15) is 0 Å². The fourth-order valence-corrected chi connectivity index (χ4v) is 3.43. The summed E-state index contributed by atoms with van der Waals surface area (Å²) < 4.78 is 3.65. The van der Waals surface area contributed by atoms with Crippen molar-refractivity contribution < 1.29 is 5.11 Å². The van der Waals surface area contributed by atoms with Gasteiger partial charge < -0.3 is 9.67 Å². The number of aryl methyl sites for hydroxylation is 1. The predicted molar refractivity (Wildman–Crippen MR) is 110 cm³/mol. The number of rotatable bonds is 3. The van der Waals surface area contributed by atoms with E-state index in [1.54, 1.807) is 13.8 Å². The van der Waals surface area contributed by atoms with Crippen molar-refractivity contribution in [1.29, 1.82) is 0 Å². The minimum atomic E-state index is -0.973. The summed E-state index contributed by atoms with van der Waals surface area (Å²) in [6, 6.07) is 13.0. The topological polar surface area (TPSA) is 25.2 Å². The van der Waals surface area contributed by atoms with E-state index < -0.39 is 5.60 Å². The standard InChI is InChI=1S/C21H22INO/c1-4-5-12-23-19-8-6-15(10-11-21(2,3)24)13-17(19)18-14-16(22)7-9-20(18)23/h6-9,13-14,24H,4-5,12H2,1-3H3. The third-order valence-electron chi connectivity index (χ3n) is 4.07. The molecule has 2 aromatic carbocycles. The molecule has 0 aliphatic rings.